The first-order valence-corrected chi connectivity index (χ1v) is 9.02. The molecule has 1 saturated heterocycles. The van der Waals surface area contributed by atoms with Crippen molar-refractivity contribution in [1.29, 1.82) is 0 Å². The number of rotatable bonds is 5. The number of aromatic nitrogens is 2. The van der Waals surface area contributed by atoms with Crippen LogP contribution >= 0.6 is 0 Å². The molecular weight excluding hydrogens is 316 g/mol. The molecule has 2 heterocycles. The van der Waals surface area contributed by atoms with Gasteiger partial charge in [0.15, 0.2) is 0 Å². The maximum absolute atomic E-state index is 12.5. The second-order valence-corrected chi connectivity index (χ2v) is 6.77. The molecule has 2 fully saturated rings. The highest BCUT2D eigenvalue weighted by Crippen LogP contribution is 2.36. The highest BCUT2D eigenvalue weighted by molar-refractivity contribution is 5.74. The van der Waals surface area contributed by atoms with Crippen molar-refractivity contribution in [2.24, 2.45) is 5.92 Å². The summed E-state index contributed by atoms with van der Waals surface area (Å²) < 4.78 is 7.39. The van der Waals surface area contributed by atoms with E-state index in [4.69, 9.17) is 4.74 Å². The minimum absolute atomic E-state index is 0.0494. The van der Waals surface area contributed by atoms with Crippen LogP contribution in [-0.4, -0.2) is 53.1 Å². The van der Waals surface area contributed by atoms with E-state index in [1.54, 1.807) is 6.20 Å². The van der Waals surface area contributed by atoms with E-state index >= 15 is 0 Å². The van der Waals surface area contributed by atoms with Crippen LogP contribution in [0, 0.1) is 5.92 Å². The molecular formula is C19H24N4O2. The van der Waals surface area contributed by atoms with Gasteiger partial charge in [-0.3, -0.25) is 0 Å². The highest BCUT2D eigenvalue weighted by Gasteiger charge is 2.39. The minimum atomic E-state index is 0.0494. The molecule has 25 heavy (non-hydrogen) atoms. The number of benzene rings is 1. The molecule has 1 aromatic heterocycles. The van der Waals surface area contributed by atoms with Gasteiger partial charge in [-0.2, -0.15) is 5.10 Å². The van der Waals surface area contributed by atoms with Gasteiger partial charge in [0.05, 0.1) is 24.9 Å². The molecule has 1 aliphatic carbocycles. The van der Waals surface area contributed by atoms with Crippen molar-refractivity contribution in [1.82, 2.24) is 20.0 Å². The van der Waals surface area contributed by atoms with Gasteiger partial charge in [0, 0.05) is 25.5 Å². The number of urea groups is 1. The molecule has 132 valence electrons. The largest absolute Gasteiger partial charge is 0.377 e. The van der Waals surface area contributed by atoms with Crippen molar-refractivity contribution >= 4 is 6.03 Å². The molecule has 1 atom stereocenters. The number of hydrogen-bond acceptors (Lipinski definition) is 3. The predicted octanol–water partition coefficient (Wildman–Crippen LogP) is 2.24. The zero-order valence-electron chi connectivity index (χ0n) is 14.3. The molecule has 0 spiro atoms. The Kier molecular flexibility index (Phi) is 4.70. The Bertz CT molecular complexity index is 695. The van der Waals surface area contributed by atoms with Crippen LogP contribution in [0.25, 0.3) is 5.69 Å². The second-order valence-electron chi connectivity index (χ2n) is 6.77. The molecule has 6 heteroatoms. The van der Waals surface area contributed by atoms with E-state index in [0.29, 0.717) is 32.2 Å². The topological polar surface area (TPSA) is 59.4 Å². The van der Waals surface area contributed by atoms with Gasteiger partial charge in [0.25, 0.3) is 0 Å². The molecule has 2 aromatic rings. The number of carbonyl (C=O) groups excluding carboxylic acids is 1. The Morgan fingerprint density at radius 1 is 1.28 bits per heavy atom. The number of hydrogen-bond donors (Lipinski definition) is 1. The van der Waals surface area contributed by atoms with Gasteiger partial charge in [0.2, 0.25) is 0 Å². The lowest BCUT2D eigenvalue weighted by molar-refractivity contribution is 0.00477. The zero-order valence-corrected chi connectivity index (χ0v) is 14.3. The maximum atomic E-state index is 12.5. The lowest BCUT2D eigenvalue weighted by atomic mass is 10.1. The average molecular weight is 340 g/mol. The minimum Gasteiger partial charge on any atom is -0.377 e. The monoisotopic (exact) mass is 340 g/mol. The van der Waals surface area contributed by atoms with Crippen LogP contribution in [0.4, 0.5) is 4.79 Å². The summed E-state index contributed by atoms with van der Waals surface area (Å²) in [5.41, 5.74) is 2.25. The Morgan fingerprint density at radius 2 is 2.12 bits per heavy atom. The SMILES string of the molecule is O=C(NCCc1ccc(-n2cccn2)cc1)N1CCOCC1C1CC1. The van der Waals surface area contributed by atoms with Crippen molar-refractivity contribution < 1.29 is 9.53 Å². The number of nitrogens with zero attached hydrogens (tertiary/aromatic N) is 3. The second kappa shape index (κ2) is 7.27. The summed E-state index contributed by atoms with van der Waals surface area (Å²) in [7, 11) is 0. The third-order valence-electron chi connectivity index (χ3n) is 4.99. The van der Waals surface area contributed by atoms with E-state index in [2.05, 4.69) is 34.7 Å². The summed E-state index contributed by atoms with van der Waals surface area (Å²) >= 11 is 0. The number of ether oxygens (including phenoxy) is 1. The first-order chi connectivity index (χ1) is 12.3. The highest BCUT2D eigenvalue weighted by atomic mass is 16.5. The van der Waals surface area contributed by atoms with Gasteiger partial charge >= 0.3 is 6.03 Å². The van der Waals surface area contributed by atoms with Gasteiger partial charge in [0.1, 0.15) is 0 Å². The molecule has 6 nitrogen and oxygen atoms in total. The fourth-order valence-corrected chi connectivity index (χ4v) is 3.40. The van der Waals surface area contributed by atoms with Crippen LogP contribution in [0.2, 0.25) is 0 Å². The third kappa shape index (κ3) is 3.85. The van der Waals surface area contributed by atoms with Gasteiger partial charge in [-0.05, 0) is 48.9 Å². The van der Waals surface area contributed by atoms with Gasteiger partial charge in [-0.25, -0.2) is 9.48 Å². The standard InChI is InChI=1S/C19H24N4O2/c24-19(22-12-13-25-14-18(22)16-4-5-16)20-10-8-15-2-6-17(7-3-15)23-11-1-9-21-23/h1-3,6-7,9,11,16,18H,4-5,8,10,12-14H2,(H,20,24). The number of carbonyl (C=O) groups is 1. The molecule has 1 unspecified atom stereocenters. The molecule has 0 bridgehead atoms. The van der Waals surface area contributed by atoms with Gasteiger partial charge in [-0.1, -0.05) is 12.1 Å². The van der Waals surface area contributed by atoms with Crippen molar-refractivity contribution in [2.75, 3.05) is 26.3 Å². The number of nitrogens with one attached hydrogen (secondary N) is 1. The molecule has 1 aromatic carbocycles. The summed E-state index contributed by atoms with van der Waals surface area (Å²) in [5.74, 6) is 0.640. The summed E-state index contributed by atoms with van der Waals surface area (Å²) in [4.78, 5) is 14.5. The predicted molar refractivity (Wildman–Crippen MR) is 94.7 cm³/mol. The fourth-order valence-electron chi connectivity index (χ4n) is 3.40. The van der Waals surface area contributed by atoms with Crippen LogP contribution < -0.4 is 5.32 Å². The lowest BCUT2D eigenvalue weighted by Gasteiger charge is -2.35. The number of morpholine rings is 1. The zero-order chi connectivity index (χ0) is 17.1. The Balaban J connectivity index is 1.27. The molecule has 0 radical (unpaired) electrons. The number of amides is 2. The van der Waals surface area contributed by atoms with E-state index < -0.39 is 0 Å². The van der Waals surface area contributed by atoms with Crippen molar-refractivity contribution in [2.45, 2.75) is 25.3 Å². The first-order valence-electron chi connectivity index (χ1n) is 9.02. The van der Waals surface area contributed by atoms with Crippen LogP contribution in [-0.2, 0) is 11.2 Å². The van der Waals surface area contributed by atoms with Crippen LogP contribution in [0.3, 0.4) is 0 Å². The first kappa shape index (κ1) is 16.1. The Morgan fingerprint density at radius 3 is 2.84 bits per heavy atom. The summed E-state index contributed by atoms with van der Waals surface area (Å²) in [6.45, 7) is 2.68. The summed E-state index contributed by atoms with van der Waals surface area (Å²) in [5, 5.41) is 7.29. The van der Waals surface area contributed by atoms with E-state index in [0.717, 1.165) is 12.1 Å². The molecule has 1 N–H and O–H groups in total. The molecule has 2 amide bonds. The van der Waals surface area contributed by atoms with Gasteiger partial charge < -0.3 is 15.0 Å². The van der Waals surface area contributed by atoms with E-state index in [1.807, 2.05) is 21.8 Å². The Hall–Kier alpha value is -2.34. The maximum Gasteiger partial charge on any atom is 0.317 e. The van der Waals surface area contributed by atoms with Crippen molar-refractivity contribution in [3.63, 3.8) is 0 Å². The van der Waals surface area contributed by atoms with Gasteiger partial charge in [-0.15, -0.1) is 0 Å². The summed E-state index contributed by atoms with van der Waals surface area (Å²) in [6, 6.07) is 10.5. The van der Waals surface area contributed by atoms with Crippen LogP contribution in [0.15, 0.2) is 42.7 Å². The fraction of sp³-hybridized carbons (Fsp3) is 0.474. The molecule has 2 aliphatic rings. The van der Waals surface area contributed by atoms with E-state index in [9.17, 15) is 4.79 Å². The molecule has 4 rings (SSSR count). The quantitative estimate of drug-likeness (QED) is 0.908. The molecule has 1 aliphatic heterocycles. The summed E-state index contributed by atoms with van der Waals surface area (Å²) in [6.07, 6.45) is 6.96. The van der Waals surface area contributed by atoms with Crippen molar-refractivity contribution in [3.8, 4) is 5.69 Å². The van der Waals surface area contributed by atoms with Crippen LogP contribution in [0.5, 0.6) is 0 Å². The van der Waals surface area contributed by atoms with Crippen molar-refractivity contribution in [3.05, 3.63) is 48.3 Å². The van der Waals surface area contributed by atoms with E-state index in [-0.39, 0.29) is 12.1 Å². The smallest absolute Gasteiger partial charge is 0.317 e. The Labute approximate surface area is 147 Å². The normalized spacial score (nSPS) is 20.5. The molecule has 1 saturated carbocycles. The third-order valence-corrected chi connectivity index (χ3v) is 4.99. The lowest BCUT2D eigenvalue weighted by Crippen LogP contribution is -2.53. The van der Waals surface area contributed by atoms with E-state index in [1.165, 1.54) is 18.4 Å². The van der Waals surface area contributed by atoms with Crippen LogP contribution in [0.1, 0.15) is 18.4 Å². The average Bonchev–Trinajstić information content (AvgIpc) is 3.36.